The number of aromatic carboxylic acids is 1. The number of rotatable bonds is 1. The summed E-state index contributed by atoms with van der Waals surface area (Å²) >= 11 is 5.89. The van der Waals surface area contributed by atoms with Crippen LogP contribution >= 0.6 is 11.6 Å². The summed E-state index contributed by atoms with van der Waals surface area (Å²) in [5.41, 5.74) is 2.62. The molecule has 0 aromatic carbocycles. The third-order valence-corrected chi connectivity index (χ3v) is 2.75. The molecule has 0 radical (unpaired) electrons. The predicted octanol–water partition coefficient (Wildman–Crippen LogP) is 2.53. The Bertz CT molecular complexity index is 560. The Morgan fingerprint density at radius 3 is 2.80 bits per heavy atom. The highest BCUT2D eigenvalue weighted by Gasteiger charge is 2.13. The molecule has 0 aliphatic carbocycles. The van der Waals surface area contributed by atoms with E-state index in [2.05, 4.69) is 9.97 Å². The molecule has 2 aromatic rings. The Balaban J connectivity index is 2.85. The normalized spacial score (nSPS) is 10.9. The molecule has 0 atom stereocenters. The molecule has 0 aliphatic rings. The fourth-order valence-corrected chi connectivity index (χ4v) is 1.76. The Kier molecular flexibility index (Phi) is 2.16. The third kappa shape index (κ3) is 1.47. The first-order valence-electron chi connectivity index (χ1n) is 4.39. The van der Waals surface area contributed by atoms with E-state index in [9.17, 15) is 4.79 Å². The second-order valence-electron chi connectivity index (χ2n) is 3.40. The zero-order valence-corrected chi connectivity index (χ0v) is 9.01. The molecule has 0 spiro atoms. The molecule has 78 valence electrons. The molecule has 0 saturated heterocycles. The smallest absolute Gasteiger partial charge is 0.354 e. The van der Waals surface area contributed by atoms with E-state index < -0.39 is 5.97 Å². The largest absolute Gasteiger partial charge is 0.477 e. The molecule has 2 rings (SSSR count). The van der Waals surface area contributed by atoms with Crippen molar-refractivity contribution in [2.45, 2.75) is 13.8 Å². The number of fused-ring (bicyclic) bond motifs is 1. The minimum absolute atomic E-state index is 0.0328. The van der Waals surface area contributed by atoms with Gasteiger partial charge in [-0.25, -0.2) is 9.78 Å². The highest BCUT2D eigenvalue weighted by molar-refractivity contribution is 6.34. The molecule has 0 bridgehead atoms. The molecule has 15 heavy (non-hydrogen) atoms. The Labute approximate surface area is 90.9 Å². The number of aryl methyl sites for hydroxylation is 2. The summed E-state index contributed by atoms with van der Waals surface area (Å²) in [5, 5.41) is 9.84. The topological polar surface area (TPSA) is 66.0 Å². The van der Waals surface area contributed by atoms with Crippen molar-refractivity contribution in [1.82, 2.24) is 9.97 Å². The van der Waals surface area contributed by atoms with Crippen LogP contribution in [-0.2, 0) is 0 Å². The first-order chi connectivity index (χ1) is 7.00. The van der Waals surface area contributed by atoms with E-state index in [-0.39, 0.29) is 10.8 Å². The van der Waals surface area contributed by atoms with E-state index in [0.29, 0.717) is 5.52 Å². The number of nitrogens with zero attached hydrogens (tertiary/aromatic N) is 1. The number of carboxylic acids is 1. The Morgan fingerprint density at radius 2 is 2.20 bits per heavy atom. The highest BCUT2D eigenvalue weighted by Crippen LogP contribution is 2.26. The standard InChI is InChI=1S/C10H9ClN2O2/c1-4-5(2)12-8-6(4)3-7(10(14)15)13-9(8)11/h3,12H,1-2H3,(H,14,15). The van der Waals surface area contributed by atoms with Crippen LogP contribution in [0.2, 0.25) is 5.15 Å². The molecule has 4 nitrogen and oxygen atoms in total. The molecule has 0 unspecified atom stereocenters. The van der Waals surface area contributed by atoms with Crippen molar-refractivity contribution in [2.24, 2.45) is 0 Å². The van der Waals surface area contributed by atoms with Gasteiger partial charge in [0.1, 0.15) is 0 Å². The summed E-state index contributed by atoms with van der Waals surface area (Å²) in [7, 11) is 0. The number of hydrogen-bond acceptors (Lipinski definition) is 2. The van der Waals surface area contributed by atoms with E-state index in [1.807, 2.05) is 13.8 Å². The van der Waals surface area contributed by atoms with Gasteiger partial charge in [0, 0.05) is 11.1 Å². The van der Waals surface area contributed by atoms with Crippen molar-refractivity contribution >= 4 is 28.5 Å². The lowest BCUT2D eigenvalue weighted by molar-refractivity contribution is 0.0691. The molecule has 2 heterocycles. The van der Waals surface area contributed by atoms with Crippen molar-refractivity contribution in [3.8, 4) is 0 Å². The molecule has 0 fully saturated rings. The van der Waals surface area contributed by atoms with Gasteiger partial charge < -0.3 is 10.1 Å². The fraction of sp³-hybridized carbons (Fsp3) is 0.200. The number of nitrogens with one attached hydrogen (secondary N) is 1. The number of carboxylic acid groups (broad SMARTS) is 1. The predicted molar refractivity (Wildman–Crippen MR) is 57.5 cm³/mol. The number of halogens is 1. The lowest BCUT2D eigenvalue weighted by atomic mass is 10.1. The van der Waals surface area contributed by atoms with Gasteiger partial charge in [-0.1, -0.05) is 11.6 Å². The number of aromatic nitrogens is 2. The monoisotopic (exact) mass is 224 g/mol. The maximum absolute atomic E-state index is 10.8. The van der Waals surface area contributed by atoms with E-state index in [4.69, 9.17) is 16.7 Å². The van der Waals surface area contributed by atoms with Crippen molar-refractivity contribution in [2.75, 3.05) is 0 Å². The van der Waals surface area contributed by atoms with Gasteiger partial charge in [-0.15, -0.1) is 0 Å². The van der Waals surface area contributed by atoms with Crippen LogP contribution in [0, 0.1) is 13.8 Å². The van der Waals surface area contributed by atoms with Crippen LogP contribution in [-0.4, -0.2) is 21.0 Å². The van der Waals surface area contributed by atoms with Crippen molar-refractivity contribution < 1.29 is 9.90 Å². The summed E-state index contributed by atoms with van der Waals surface area (Å²) in [6.45, 7) is 3.82. The SMILES string of the molecule is Cc1[nH]c2c(Cl)nc(C(=O)O)cc2c1C. The zero-order valence-electron chi connectivity index (χ0n) is 8.26. The van der Waals surface area contributed by atoms with E-state index in [0.717, 1.165) is 16.6 Å². The molecule has 0 amide bonds. The van der Waals surface area contributed by atoms with Gasteiger partial charge in [-0.2, -0.15) is 0 Å². The Hall–Kier alpha value is -1.55. The van der Waals surface area contributed by atoms with Crippen LogP contribution in [0.3, 0.4) is 0 Å². The van der Waals surface area contributed by atoms with Crippen LogP contribution < -0.4 is 0 Å². The number of pyridine rings is 1. The van der Waals surface area contributed by atoms with Crippen LogP contribution in [0.4, 0.5) is 0 Å². The van der Waals surface area contributed by atoms with Gasteiger partial charge in [-0.05, 0) is 25.5 Å². The second kappa shape index (κ2) is 3.24. The lowest BCUT2D eigenvalue weighted by Crippen LogP contribution is -2.00. The lowest BCUT2D eigenvalue weighted by Gasteiger charge is -1.97. The fourth-order valence-electron chi connectivity index (χ4n) is 1.52. The molecule has 5 heteroatoms. The molecule has 2 aromatic heterocycles. The molecule has 2 N–H and O–H groups in total. The maximum atomic E-state index is 10.8. The van der Waals surface area contributed by atoms with E-state index in [1.165, 1.54) is 6.07 Å². The van der Waals surface area contributed by atoms with E-state index >= 15 is 0 Å². The van der Waals surface area contributed by atoms with Crippen LogP contribution in [0.5, 0.6) is 0 Å². The minimum atomic E-state index is -1.07. The first-order valence-corrected chi connectivity index (χ1v) is 4.77. The van der Waals surface area contributed by atoms with Gasteiger partial charge in [0.15, 0.2) is 10.8 Å². The van der Waals surface area contributed by atoms with Crippen molar-refractivity contribution in [3.05, 3.63) is 28.2 Å². The maximum Gasteiger partial charge on any atom is 0.354 e. The van der Waals surface area contributed by atoms with Crippen LogP contribution in [0.25, 0.3) is 10.9 Å². The quantitative estimate of drug-likeness (QED) is 0.732. The molecular formula is C10H9ClN2O2. The second-order valence-corrected chi connectivity index (χ2v) is 3.76. The minimum Gasteiger partial charge on any atom is -0.477 e. The van der Waals surface area contributed by atoms with E-state index in [1.54, 1.807) is 0 Å². The summed E-state index contributed by atoms with van der Waals surface area (Å²) in [6.07, 6.45) is 0. The highest BCUT2D eigenvalue weighted by atomic mass is 35.5. The molecule has 0 aliphatic heterocycles. The van der Waals surface area contributed by atoms with Gasteiger partial charge >= 0.3 is 5.97 Å². The van der Waals surface area contributed by atoms with Crippen LogP contribution in [0.1, 0.15) is 21.7 Å². The van der Waals surface area contributed by atoms with Crippen LogP contribution in [0.15, 0.2) is 6.07 Å². The average molecular weight is 225 g/mol. The van der Waals surface area contributed by atoms with Gasteiger partial charge in [0.25, 0.3) is 0 Å². The number of hydrogen-bond donors (Lipinski definition) is 2. The molecule has 0 saturated carbocycles. The van der Waals surface area contributed by atoms with Gasteiger partial charge in [0.2, 0.25) is 0 Å². The third-order valence-electron chi connectivity index (χ3n) is 2.47. The summed E-state index contributed by atoms with van der Waals surface area (Å²) < 4.78 is 0. The number of aromatic amines is 1. The zero-order chi connectivity index (χ0) is 11.2. The Morgan fingerprint density at radius 1 is 1.53 bits per heavy atom. The van der Waals surface area contributed by atoms with Crippen molar-refractivity contribution in [1.29, 1.82) is 0 Å². The average Bonchev–Trinajstić information content (AvgIpc) is 2.45. The summed E-state index contributed by atoms with van der Waals surface area (Å²) in [6, 6.07) is 1.53. The summed E-state index contributed by atoms with van der Waals surface area (Å²) in [4.78, 5) is 17.6. The van der Waals surface area contributed by atoms with Gasteiger partial charge in [0.05, 0.1) is 5.52 Å². The molecular weight excluding hydrogens is 216 g/mol. The summed E-state index contributed by atoms with van der Waals surface area (Å²) in [5.74, 6) is -1.07. The van der Waals surface area contributed by atoms with Gasteiger partial charge in [-0.3, -0.25) is 0 Å². The van der Waals surface area contributed by atoms with Crippen molar-refractivity contribution in [3.63, 3.8) is 0 Å². The number of H-pyrrole nitrogens is 1. The number of carbonyl (C=O) groups is 1. The first kappa shape index (κ1) is 9.98.